The number of amides is 2. The number of hydrazone groups is 1. The summed E-state index contributed by atoms with van der Waals surface area (Å²) in [6.45, 7) is 3.06. The fourth-order valence-electron chi connectivity index (χ4n) is 2.51. The predicted molar refractivity (Wildman–Crippen MR) is 77.1 cm³/mol. The molecule has 0 bridgehead atoms. The van der Waals surface area contributed by atoms with Gasteiger partial charge < -0.3 is 9.64 Å². The Bertz CT molecular complexity index is 582. The van der Waals surface area contributed by atoms with Crippen molar-refractivity contribution in [2.45, 2.75) is 25.8 Å². The van der Waals surface area contributed by atoms with E-state index in [9.17, 15) is 9.59 Å². The molecule has 0 spiro atoms. The first-order valence-electron chi connectivity index (χ1n) is 7.03. The Morgan fingerprint density at radius 3 is 2.76 bits per heavy atom. The lowest BCUT2D eigenvalue weighted by atomic mass is 10.2. The fourth-order valence-corrected chi connectivity index (χ4v) is 2.51. The zero-order chi connectivity index (χ0) is 14.8. The van der Waals surface area contributed by atoms with E-state index in [-0.39, 0.29) is 11.9 Å². The van der Waals surface area contributed by atoms with Gasteiger partial charge in [-0.25, -0.2) is 4.79 Å². The van der Waals surface area contributed by atoms with Crippen molar-refractivity contribution in [1.82, 2.24) is 9.91 Å². The van der Waals surface area contributed by atoms with Crippen LogP contribution in [0.5, 0.6) is 5.75 Å². The zero-order valence-electron chi connectivity index (χ0n) is 11.9. The van der Waals surface area contributed by atoms with Gasteiger partial charge in [-0.2, -0.15) is 10.1 Å². The standard InChI is InChI=1S/C15H17N3O3/c1-11-4-6-13(7-5-11)21-15(20)18-10-12(9-16-18)17-8-2-3-14(17)19/h4-7,9,12H,2-3,8,10H2,1H3. The second-order valence-corrected chi connectivity index (χ2v) is 5.29. The van der Waals surface area contributed by atoms with Crippen LogP contribution in [0.1, 0.15) is 18.4 Å². The van der Waals surface area contributed by atoms with Crippen LogP contribution in [0.25, 0.3) is 0 Å². The largest absolute Gasteiger partial charge is 0.435 e. The minimum absolute atomic E-state index is 0.125. The highest BCUT2D eigenvalue weighted by molar-refractivity contribution is 5.84. The van der Waals surface area contributed by atoms with Crippen molar-refractivity contribution in [3.05, 3.63) is 29.8 Å². The third-order valence-electron chi connectivity index (χ3n) is 3.69. The van der Waals surface area contributed by atoms with Crippen LogP contribution in [0, 0.1) is 6.92 Å². The molecule has 0 radical (unpaired) electrons. The molecule has 2 heterocycles. The first-order chi connectivity index (χ1) is 10.1. The number of carbonyl (C=O) groups excluding carboxylic acids is 2. The van der Waals surface area contributed by atoms with Crippen LogP contribution < -0.4 is 4.74 Å². The molecule has 21 heavy (non-hydrogen) atoms. The second kappa shape index (κ2) is 5.55. The number of rotatable bonds is 2. The summed E-state index contributed by atoms with van der Waals surface area (Å²) < 4.78 is 5.26. The topological polar surface area (TPSA) is 62.2 Å². The van der Waals surface area contributed by atoms with Gasteiger partial charge in [0.05, 0.1) is 12.6 Å². The van der Waals surface area contributed by atoms with Crippen LogP contribution in [0.3, 0.4) is 0 Å². The van der Waals surface area contributed by atoms with Gasteiger partial charge in [0, 0.05) is 19.2 Å². The summed E-state index contributed by atoms with van der Waals surface area (Å²) in [6.07, 6.45) is 2.57. The van der Waals surface area contributed by atoms with Gasteiger partial charge in [-0.15, -0.1) is 0 Å². The summed E-state index contributed by atoms with van der Waals surface area (Å²) in [6, 6.07) is 7.11. The highest BCUT2D eigenvalue weighted by atomic mass is 16.6. The molecule has 110 valence electrons. The summed E-state index contributed by atoms with van der Waals surface area (Å²) in [4.78, 5) is 25.5. The van der Waals surface area contributed by atoms with Crippen molar-refractivity contribution >= 4 is 18.2 Å². The molecule has 0 saturated carbocycles. The number of carbonyl (C=O) groups is 2. The maximum Gasteiger partial charge on any atom is 0.435 e. The van der Waals surface area contributed by atoms with Gasteiger partial charge in [0.1, 0.15) is 5.75 Å². The molecule has 0 aromatic heterocycles. The van der Waals surface area contributed by atoms with Crippen LogP contribution in [0.4, 0.5) is 4.79 Å². The molecule has 6 heteroatoms. The number of aryl methyl sites for hydroxylation is 1. The number of nitrogens with zero attached hydrogens (tertiary/aromatic N) is 3. The summed E-state index contributed by atoms with van der Waals surface area (Å²) in [7, 11) is 0. The Morgan fingerprint density at radius 1 is 1.33 bits per heavy atom. The molecular formula is C15H17N3O3. The Morgan fingerprint density at radius 2 is 2.10 bits per heavy atom. The van der Waals surface area contributed by atoms with Crippen molar-refractivity contribution in [2.75, 3.05) is 13.1 Å². The normalized spacial score (nSPS) is 21.2. The first kappa shape index (κ1) is 13.6. The van der Waals surface area contributed by atoms with Crippen molar-refractivity contribution in [1.29, 1.82) is 0 Å². The Kier molecular flexibility index (Phi) is 3.60. The quantitative estimate of drug-likeness (QED) is 0.833. The molecular weight excluding hydrogens is 270 g/mol. The van der Waals surface area contributed by atoms with Crippen LogP contribution in [0.2, 0.25) is 0 Å². The van der Waals surface area contributed by atoms with Gasteiger partial charge in [-0.3, -0.25) is 4.79 Å². The summed E-state index contributed by atoms with van der Waals surface area (Å²) in [5.74, 6) is 0.613. The summed E-state index contributed by atoms with van der Waals surface area (Å²) in [5, 5.41) is 5.31. The summed E-state index contributed by atoms with van der Waals surface area (Å²) >= 11 is 0. The van der Waals surface area contributed by atoms with Gasteiger partial charge in [0.15, 0.2) is 0 Å². The molecule has 1 fully saturated rings. The minimum Gasteiger partial charge on any atom is -0.409 e. The molecule has 2 aliphatic rings. The summed E-state index contributed by atoms with van der Waals surface area (Å²) in [5.41, 5.74) is 1.10. The predicted octanol–water partition coefficient (Wildman–Crippen LogP) is 1.79. The van der Waals surface area contributed by atoms with E-state index >= 15 is 0 Å². The molecule has 6 nitrogen and oxygen atoms in total. The van der Waals surface area contributed by atoms with Gasteiger partial charge in [-0.1, -0.05) is 17.7 Å². The molecule has 3 rings (SSSR count). The van der Waals surface area contributed by atoms with E-state index in [1.54, 1.807) is 23.2 Å². The molecule has 1 unspecified atom stereocenters. The van der Waals surface area contributed by atoms with Crippen molar-refractivity contribution in [3.63, 3.8) is 0 Å². The molecule has 0 N–H and O–H groups in total. The smallest absolute Gasteiger partial charge is 0.409 e. The van der Waals surface area contributed by atoms with E-state index in [0.717, 1.165) is 18.5 Å². The monoisotopic (exact) mass is 287 g/mol. The molecule has 1 aromatic rings. The number of ether oxygens (including phenoxy) is 1. The molecule has 1 saturated heterocycles. The van der Waals surface area contributed by atoms with E-state index < -0.39 is 6.09 Å². The van der Waals surface area contributed by atoms with Gasteiger partial charge >= 0.3 is 6.09 Å². The van der Waals surface area contributed by atoms with Crippen molar-refractivity contribution in [2.24, 2.45) is 5.10 Å². The van der Waals surface area contributed by atoms with Crippen LogP contribution in [0.15, 0.2) is 29.4 Å². The van der Waals surface area contributed by atoms with E-state index in [1.165, 1.54) is 5.01 Å². The van der Waals surface area contributed by atoms with E-state index in [1.807, 2.05) is 19.1 Å². The van der Waals surface area contributed by atoms with Gasteiger partial charge in [0.25, 0.3) is 0 Å². The third-order valence-corrected chi connectivity index (χ3v) is 3.69. The lowest BCUT2D eigenvalue weighted by Gasteiger charge is -2.22. The maximum absolute atomic E-state index is 12.0. The first-order valence-corrected chi connectivity index (χ1v) is 7.03. The van der Waals surface area contributed by atoms with Gasteiger partial charge in [0.2, 0.25) is 5.91 Å². The highest BCUT2D eigenvalue weighted by Crippen LogP contribution is 2.18. The highest BCUT2D eigenvalue weighted by Gasteiger charge is 2.33. The number of hydrogen-bond acceptors (Lipinski definition) is 4. The van der Waals surface area contributed by atoms with Crippen molar-refractivity contribution < 1.29 is 14.3 Å². The number of benzene rings is 1. The molecule has 0 aliphatic carbocycles. The molecule has 1 atom stereocenters. The zero-order valence-corrected chi connectivity index (χ0v) is 11.9. The van der Waals surface area contributed by atoms with E-state index in [0.29, 0.717) is 18.7 Å². The molecule has 2 aliphatic heterocycles. The van der Waals surface area contributed by atoms with Gasteiger partial charge in [-0.05, 0) is 25.5 Å². The Hall–Kier alpha value is -2.37. The average molecular weight is 287 g/mol. The lowest BCUT2D eigenvalue weighted by molar-refractivity contribution is -0.128. The van der Waals surface area contributed by atoms with E-state index in [4.69, 9.17) is 4.74 Å². The maximum atomic E-state index is 12.0. The molecule has 2 amide bonds. The third kappa shape index (κ3) is 2.89. The molecule has 1 aromatic carbocycles. The van der Waals surface area contributed by atoms with Crippen LogP contribution >= 0.6 is 0 Å². The number of hydrogen-bond donors (Lipinski definition) is 0. The lowest BCUT2D eigenvalue weighted by Crippen LogP contribution is -2.41. The minimum atomic E-state index is -0.524. The Balaban J connectivity index is 1.58. The average Bonchev–Trinajstić information content (AvgIpc) is 3.09. The van der Waals surface area contributed by atoms with Crippen LogP contribution in [-0.2, 0) is 4.79 Å². The number of likely N-dealkylation sites (tertiary alicyclic amines) is 1. The second-order valence-electron chi connectivity index (χ2n) is 5.29. The Labute approximate surface area is 123 Å². The van der Waals surface area contributed by atoms with E-state index in [2.05, 4.69) is 5.10 Å². The van der Waals surface area contributed by atoms with Crippen molar-refractivity contribution in [3.8, 4) is 5.75 Å². The van der Waals surface area contributed by atoms with Crippen LogP contribution in [-0.4, -0.2) is 47.3 Å². The fraction of sp³-hybridized carbons (Fsp3) is 0.400. The SMILES string of the molecule is Cc1ccc(OC(=O)N2CC(N3CCCC3=O)C=N2)cc1.